The van der Waals surface area contributed by atoms with E-state index in [1.54, 1.807) is 12.1 Å². The number of carbonyl (C=O) groups excluding carboxylic acids is 1. The standard InChI is InChI=1S/C19H22FN3O/c1-13-5-2-3-10-23(13)18-9-8-16(12-17(18)21)22-19(24)14-6-4-7-15(20)11-14/h4,6-9,11-13H,2-3,5,10,21H2,1H3,(H,22,24)/t13-/m0/s1. The average molecular weight is 327 g/mol. The van der Waals surface area contributed by atoms with Crippen molar-refractivity contribution in [2.45, 2.75) is 32.2 Å². The molecule has 1 amide bonds. The largest absolute Gasteiger partial charge is 0.397 e. The highest BCUT2D eigenvalue weighted by atomic mass is 19.1. The number of nitrogens with zero attached hydrogens (tertiary/aromatic N) is 1. The Bertz CT molecular complexity index is 747. The molecule has 2 aromatic rings. The maximum Gasteiger partial charge on any atom is 0.255 e. The molecule has 1 heterocycles. The molecule has 1 atom stereocenters. The molecule has 0 unspecified atom stereocenters. The molecule has 0 bridgehead atoms. The molecule has 3 N–H and O–H groups in total. The summed E-state index contributed by atoms with van der Waals surface area (Å²) in [5.41, 5.74) is 8.73. The van der Waals surface area contributed by atoms with E-state index in [-0.39, 0.29) is 11.5 Å². The zero-order valence-corrected chi connectivity index (χ0v) is 13.8. The molecule has 1 aliphatic rings. The Morgan fingerprint density at radius 2 is 2.08 bits per heavy atom. The minimum absolute atomic E-state index is 0.280. The van der Waals surface area contributed by atoms with E-state index in [0.29, 0.717) is 17.4 Å². The number of nitrogens with one attached hydrogen (secondary N) is 1. The smallest absolute Gasteiger partial charge is 0.255 e. The molecule has 2 aromatic carbocycles. The Hall–Kier alpha value is -2.56. The predicted octanol–water partition coefficient (Wildman–Crippen LogP) is 4.04. The fraction of sp³-hybridized carbons (Fsp3) is 0.316. The number of carbonyl (C=O) groups is 1. The van der Waals surface area contributed by atoms with Gasteiger partial charge in [-0.25, -0.2) is 4.39 Å². The molecule has 1 aliphatic heterocycles. The lowest BCUT2D eigenvalue weighted by Crippen LogP contribution is -2.37. The second-order valence-electron chi connectivity index (χ2n) is 6.28. The Morgan fingerprint density at radius 3 is 2.79 bits per heavy atom. The van der Waals surface area contributed by atoms with Crippen LogP contribution in [0.3, 0.4) is 0 Å². The van der Waals surface area contributed by atoms with Crippen LogP contribution < -0.4 is 16.0 Å². The van der Waals surface area contributed by atoms with Crippen molar-refractivity contribution in [3.8, 4) is 0 Å². The van der Waals surface area contributed by atoms with Gasteiger partial charge in [0, 0.05) is 23.8 Å². The van der Waals surface area contributed by atoms with Gasteiger partial charge in [0.05, 0.1) is 11.4 Å². The number of hydrogen-bond donors (Lipinski definition) is 2. The van der Waals surface area contributed by atoms with Gasteiger partial charge in [-0.05, 0) is 62.6 Å². The van der Waals surface area contributed by atoms with E-state index >= 15 is 0 Å². The minimum Gasteiger partial charge on any atom is -0.397 e. The number of anilines is 3. The number of benzene rings is 2. The number of nitrogen functional groups attached to an aromatic ring is 1. The Kier molecular flexibility index (Phi) is 4.69. The number of rotatable bonds is 3. The highest BCUT2D eigenvalue weighted by molar-refractivity contribution is 6.04. The lowest BCUT2D eigenvalue weighted by molar-refractivity contribution is 0.102. The third-order valence-electron chi connectivity index (χ3n) is 4.48. The fourth-order valence-corrected chi connectivity index (χ4v) is 3.18. The molecule has 5 heteroatoms. The van der Waals surface area contributed by atoms with Crippen molar-refractivity contribution in [3.63, 3.8) is 0 Å². The van der Waals surface area contributed by atoms with E-state index in [1.807, 2.05) is 12.1 Å². The van der Waals surface area contributed by atoms with Gasteiger partial charge in [0.1, 0.15) is 5.82 Å². The van der Waals surface area contributed by atoms with Crippen molar-refractivity contribution in [2.24, 2.45) is 0 Å². The van der Waals surface area contributed by atoms with E-state index < -0.39 is 5.82 Å². The predicted molar refractivity (Wildman–Crippen MR) is 95.9 cm³/mol. The lowest BCUT2D eigenvalue weighted by Gasteiger charge is -2.36. The Morgan fingerprint density at radius 1 is 1.25 bits per heavy atom. The van der Waals surface area contributed by atoms with Crippen molar-refractivity contribution in [3.05, 3.63) is 53.8 Å². The van der Waals surface area contributed by atoms with Gasteiger partial charge in [-0.2, -0.15) is 0 Å². The van der Waals surface area contributed by atoms with Gasteiger partial charge in [0.25, 0.3) is 5.91 Å². The number of piperidine rings is 1. The normalized spacial score (nSPS) is 17.6. The van der Waals surface area contributed by atoms with E-state index in [0.717, 1.165) is 18.7 Å². The third-order valence-corrected chi connectivity index (χ3v) is 4.48. The summed E-state index contributed by atoms with van der Waals surface area (Å²) in [6, 6.07) is 11.6. The van der Waals surface area contributed by atoms with Crippen molar-refractivity contribution >= 4 is 23.0 Å². The summed E-state index contributed by atoms with van der Waals surface area (Å²) in [6.07, 6.45) is 3.58. The van der Waals surface area contributed by atoms with E-state index in [2.05, 4.69) is 17.1 Å². The SMILES string of the molecule is C[C@H]1CCCCN1c1ccc(NC(=O)c2cccc(F)c2)cc1N. The molecule has 1 saturated heterocycles. The number of hydrogen-bond acceptors (Lipinski definition) is 3. The molecule has 0 saturated carbocycles. The van der Waals surface area contributed by atoms with Crippen LogP contribution in [-0.4, -0.2) is 18.5 Å². The van der Waals surface area contributed by atoms with Gasteiger partial charge in [-0.1, -0.05) is 6.07 Å². The number of halogens is 1. The molecule has 0 spiro atoms. The first-order valence-electron chi connectivity index (χ1n) is 8.27. The van der Waals surface area contributed by atoms with Crippen LogP contribution in [0.25, 0.3) is 0 Å². The van der Waals surface area contributed by atoms with Crippen LogP contribution in [0.5, 0.6) is 0 Å². The summed E-state index contributed by atoms with van der Waals surface area (Å²) < 4.78 is 13.2. The van der Waals surface area contributed by atoms with Crippen molar-refractivity contribution in [1.29, 1.82) is 0 Å². The zero-order valence-electron chi connectivity index (χ0n) is 13.8. The first kappa shape index (κ1) is 16.3. The minimum atomic E-state index is -0.434. The van der Waals surface area contributed by atoms with Crippen LogP contribution in [0.4, 0.5) is 21.5 Å². The zero-order chi connectivity index (χ0) is 17.1. The van der Waals surface area contributed by atoms with Crippen LogP contribution in [0.1, 0.15) is 36.5 Å². The second-order valence-corrected chi connectivity index (χ2v) is 6.28. The van der Waals surface area contributed by atoms with Gasteiger partial charge < -0.3 is 16.0 Å². The number of nitrogens with two attached hydrogens (primary N) is 1. The Labute approximate surface area is 141 Å². The second kappa shape index (κ2) is 6.91. The van der Waals surface area contributed by atoms with Gasteiger partial charge >= 0.3 is 0 Å². The molecule has 4 nitrogen and oxygen atoms in total. The molecule has 24 heavy (non-hydrogen) atoms. The van der Waals surface area contributed by atoms with Gasteiger partial charge in [-0.15, -0.1) is 0 Å². The van der Waals surface area contributed by atoms with Crippen molar-refractivity contribution < 1.29 is 9.18 Å². The number of amides is 1. The first-order valence-corrected chi connectivity index (χ1v) is 8.27. The molecule has 1 fully saturated rings. The molecule has 126 valence electrons. The maximum atomic E-state index is 13.2. The maximum absolute atomic E-state index is 13.2. The Balaban J connectivity index is 1.76. The molecular formula is C19H22FN3O. The quantitative estimate of drug-likeness (QED) is 0.837. The fourth-order valence-electron chi connectivity index (χ4n) is 3.18. The summed E-state index contributed by atoms with van der Waals surface area (Å²) in [5, 5.41) is 2.76. The van der Waals surface area contributed by atoms with Crippen molar-refractivity contribution in [1.82, 2.24) is 0 Å². The summed E-state index contributed by atoms with van der Waals surface area (Å²) in [6.45, 7) is 3.21. The van der Waals surface area contributed by atoms with Crippen LogP contribution >= 0.6 is 0 Å². The highest BCUT2D eigenvalue weighted by Crippen LogP contribution is 2.31. The lowest BCUT2D eigenvalue weighted by atomic mass is 10.0. The molecule has 3 rings (SSSR count). The monoisotopic (exact) mass is 327 g/mol. The molecule has 0 radical (unpaired) electrons. The van der Waals surface area contributed by atoms with Crippen LogP contribution in [0, 0.1) is 5.82 Å². The molecule has 0 aromatic heterocycles. The molecular weight excluding hydrogens is 305 g/mol. The molecule has 0 aliphatic carbocycles. The first-order chi connectivity index (χ1) is 11.5. The highest BCUT2D eigenvalue weighted by Gasteiger charge is 2.20. The summed E-state index contributed by atoms with van der Waals surface area (Å²) in [5.74, 6) is -0.787. The van der Waals surface area contributed by atoms with Gasteiger partial charge in [-0.3, -0.25) is 4.79 Å². The van der Waals surface area contributed by atoms with Gasteiger partial charge in [0.2, 0.25) is 0 Å². The summed E-state index contributed by atoms with van der Waals surface area (Å²) in [7, 11) is 0. The third kappa shape index (κ3) is 3.50. The topological polar surface area (TPSA) is 58.4 Å². The van der Waals surface area contributed by atoms with Crippen LogP contribution in [0.15, 0.2) is 42.5 Å². The van der Waals surface area contributed by atoms with Crippen LogP contribution in [-0.2, 0) is 0 Å². The van der Waals surface area contributed by atoms with E-state index in [4.69, 9.17) is 5.73 Å². The summed E-state index contributed by atoms with van der Waals surface area (Å²) >= 11 is 0. The van der Waals surface area contributed by atoms with Gasteiger partial charge in [0.15, 0.2) is 0 Å². The van der Waals surface area contributed by atoms with Crippen LogP contribution in [0.2, 0.25) is 0 Å². The van der Waals surface area contributed by atoms with Crippen molar-refractivity contribution in [2.75, 3.05) is 22.5 Å². The van der Waals surface area contributed by atoms with E-state index in [1.165, 1.54) is 31.0 Å². The average Bonchev–Trinajstić information content (AvgIpc) is 2.56. The summed E-state index contributed by atoms with van der Waals surface area (Å²) in [4.78, 5) is 14.5. The van der Waals surface area contributed by atoms with E-state index in [9.17, 15) is 9.18 Å².